The Balaban J connectivity index is 1.75. The molecule has 6 nitrogen and oxygen atoms in total. The van der Waals surface area contributed by atoms with Gasteiger partial charge in [0.2, 0.25) is 0 Å². The van der Waals surface area contributed by atoms with Crippen LogP contribution >= 0.6 is 0 Å². The molecule has 1 amide bonds. The van der Waals surface area contributed by atoms with Crippen LogP contribution in [0.25, 0.3) is 6.08 Å². The Hall–Kier alpha value is -3.04. The number of hydrogen-bond donors (Lipinski definition) is 1. The van der Waals surface area contributed by atoms with E-state index in [0.717, 1.165) is 17.2 Å². The topological polar surface area (TPSA) is 66.0 Å². The molecule has 0 aromatic heterocycles. The molecule has 214 valence electrons. The lowest BCUT2D eigenvalue weighted by atomic mass is 9.97. The number of carbonyl (C=O) groups is 1. The van der Waals surface area contributed by atoms with Gasteiger partial charge in [-0.1, -0.05) is 48.0 Å². The molecule has 2 aromatic carbocycles. The fourth-order valence-corrected chi connectivity index (χ4v) is 3.99. The van der Waals surface area contributed by atoms with Crippen molar-refractivity contribution in [1.82, 2.24) is 5.32 Å². The maximum atomic E-state index is 13.9. The van der Waals surface area contributed by atoms with Crippen LogP contribution in [0.2, 0.25) is 0 Å². The van der Waals surface area contributed by atoms with Gasteiger partial charge in [0.25, 0.3) is 0 Å². The third-order valence-electron chi connectivity index (χ3n) is 5.96. The minimum absolute atomic E-state index is 0.0456. The zero-order valence-electron chi connectivity index (χ0n) is 23.4. The van der Waals surface area contributed by atoms with E-state index in [1.807, 2.05) is 25.1 Å². The molecule has 0 atom stereocenters. The quantitative estimate of drug-likeness (QED) is 0.356. The summed E-state index contributed by atoms with van der Waals surface area (Å²) in [6, 6.07) is 11.9. The first kappa shape index (κ1) is 30.5. The van der Waals surface area contributed by atoms with Gasteiger partial charge in [-0.05, 0) is 77.6 Å². The molecule has 1 saturated heterocycles. The highest BCUT2D eigenvalue weighted by atomic mass is 19.4. The van der Waals surface area contributed by atoms with Crippen molar-refractivity contribution >= 4 is 12.2 Å². The number of nitrogens with one attached hydrogen (secondary N) is 1. The molecule has 9 heteroatoms. The van der Waals surface area contributed by atoms with Crippen molar-refractivity contribution in [2.24, 2.45) is 0 Å². The van der Waals surface area contributed by atoms with E-state index in [1.165, 1.54) is 18.2 Å². The molecule has 1 heterocycles. The normalized spacial score (nSPS) is 17.2. The Kier molecular flexibility index (Phi) is 9.39. The zero-order chi connectivity index (χ0) is 28.9. The Morgan fingerprint density at radius 2 is 1.77 bits per heavy atom. The van der Waals surface area contributed by atoms with Gasteiger partial charge in [-0.15, -0.1) is 0 Å². The lowest BCUT2D eigenvalue weighted by Crippen LogP contribution is -2.60. The van der Waals surface area contributed by atoms with Gasteiger partial charge in [-0.3, -0.25) is 0 Å². The number of rotatable bonds is 8. The van der Waals surface area contributed by atoms with Crippen molar-refractivity contribution < 1.29 is 36.9 Å². The third kappa shape index (κ3) is 9.58. The average Bonchev–Trinajstić information content (AvgIpc) is 2.81. The number of aryl methyl sites for hydroxylation is 2. The van der Waals surface area contributed by atoms with Crippen molar-refractivity contribution in [3.63, 3.8) is 0 Å². The molecule has 3 rings (SSSR count). The minimum Gasteiger partial charge on any atom is -0.493 e. The highest BCUT2D eigenvalue weighted by Crippen LogP contribution is 2.37. The molecule has 39 heavy (non-hydrogen) atoms. The maximum absolute atomic E-state index is 13.9. The number of alkyl halides is 3. The first-order valence-corrected chi connectivity index (χ1v) is 12.9. The van der Waals surface area contributed by atoms with Crippen LogP contribution in [0.1, 0.15) is 63.3 Å². The van der Waals surface area contributed by atoms with Crippen LogP contribution in [-0.2, 0) is 26.8 Å². The summed E-state index contributed by atoms with van der Waals surface area (Å²) in [5.74, 6) is -1.09. The summed E-state index contributed by atoms with van der Waals surface area (Å²) in [5, 5.41) is 2.76. The predicted octanol–water partition coefficient (Wildman–Crippen LogP) is 7.09. The molecule has 0 saturated carbocycles. The summed E-state index contributed by atoms with van der Waals surface area (Å²) in [4.78, 5) is 12.5. The van der Waals surface area contributed by atoms with E-state index in [-0.39, 0.29) is 31.1 Å². The largest absolute Gasteiger partial charge is 0.493 e. The van der Waals surface area contributed by atoms with Gasteiger partial charge in [0.05, 0.1) is 25.4 Å². The number of carbonyl (C=O) groups excluding carboxylic acids is 1. The van der Waals surface area contributed by atoms with Gasteiger partial charge >= 0.3 is 12.3 Å². The lowest BCUT2D eigenvalue weighted by Gasteiger charge is -2.42. The molecule has 1 fully saturated rings. The number of benzene rings is 2. The summed E-state index contributed by atoms with van der Waals surface area (Å²) in [7, 11) is 0. The Labute approximate surface area is 228 Å². The van der Waals surface area contributed by atoms with Crippen molar-refractivity contribution in [1.29, 1.82) is 0 Å². The summed E-state index contributed by atoms with van der Waals surface area (Å²) >= 11 is 0. The van der Waals surface area contributed by atoms with E-state index in [1.54, 1.807) is 40.7 Å². The fraction of sp³-hybridized carbons (Fsp3) is 0.500. The lowest BCUT2D eigenvalue weighted by molar-refractivity contribution is -0.263. The van der Waals surface area contributed by atoms with E-state index >= 15 is 0 Å². The van der Waals surface area contributed by atoms with E-state index < -0.39 is 34.8 Å². The van der Waals surface area contributed by atoms with E-state index in [2.05, 4.69) is 11.4 Å². The summed E-state index contributed by atoms with van der Waals surface area (Å²) < 4.78 is 64.2. The number of amides is 1. The van der Waals surface area contributed by atoms with Crippen LogP contribution in [0.4, 0.5) is 18.0 Å². The molecule has 0 radical (unpaired) electrons. The van der Waals surface area contributed by atoms with Crippen molar-refractivity contribution in [2.45, 2.75) is 77.5 Å². The van der Waals surface area contributed by atoms with Gasteiger partial charge in [-0.25, -0.2) is 4.79 Å². The van der Waals surface area contributed by atoms with Gasteiger partial charge in [0, 0.05) is 0 Å². The molecule has 1 aliphatic rings. The van der Waals surface area contributed by atoms with Crippen LogP contribution in [0.5, 0.6) is 5.75 Å². The molecule has 0 bridgehead atoms. The second-order valence-electron chi connectivity index (χ2n) is 11.3. The smallest absolute Gasteiger partial charge is 0.419 e. The van der Waals surface area contributed by atoms with E-state index in [9.17, 15) is 18.0 Å². The number of ether oxygens (including phenoxy) is 4. The van der Waals surface area contributed by atoms with Crippen molar-refractivity contribution in [3.8, 4) is 5.75 Å². The fourth-order valence-electron chi connectivity index (χ4n) is 3.99. The zero-order valence-corrected chi connectivity index (χ0v) is 23.4. The average molecular weight is 550 g/mol. The first-order chi connectivity index (χ1) is 18.1. The van der Waals surface area contributed by atoms with Gasteiger partial charge in [0.15, 0.2) is 5.79 Å². The van der Waals surface area contributed by atoms with Gasteiger partial charge < -0.3 is 24.3 Å². The monoisotopic (exact) mass is 549 g/mol. The third-order valence-corrected chi connectivity index (χ3v) is 5.96. The van der Waals surface area contributed by atoms with Crippen LogP contribution < -0.4 is 10.1 Å². The van der Waals surface area contributed by atoms with Crippen LogP contribution in [0.3, 0.4) is 0 Å². The maximum Gasteiger partial charge on any atom is 0.419 e. The van der Waals surface area contributed by atoms with E-state index in [0.29, 0.717) is 12.8 Å². The SMILES string of the molecule is Cc1cccc(CCCOc2ccc(/C=C/C3(NC(=O)OC(C)(C)C)COC(C)(C)OC3)cc2C(F)(F)F)c1. The molecule has 0 aliphatic carbocycles. The second-order valence-corrected chi connectivity index (χ2v) is 11.3. The summed E-state index contributed by atoms with van der Waals surface area (Å²) in [6.07, 6.45) is -0.939. The minimum atomic E-state index is -4.61. The van der Waals surface area contributed by atoms with E-state index in [4.69, 9.17) is 18.9 Å². The first-order valence-electron chi connectivity index (χ1n) is 12.9. The Bertz CT molecular complexity index is 1160. The number of halogens is 3. The molecular weight excluding hydrogens is 511 g/mol. The highest BCUT2D eigenvalue weighted by molar-refractivity contribution is 5.70. The number of hydrogen-bond acceptors (Lipinski definition) is 5. The molecule has 0 spiro atoms. The molecule has 1 N–H and O–H groups in total. The Morgan fingerprint density at radius 3 is 2.38 bits per heavy atom. The second kappa shape index (κ2) is 12.0. The van der Waals surface area contributed by atoms with Gasteiger partial charge in [0.1, 0.15) is 16.9 Å². The van der Waals surface area contributed by atoms with Crippen LogP contribution in [0.15, 0.2) is 48.5 Å². The van der Waals surface area contributed by atoms with Crippen LogP contribution in [-0.4, -0.2) is 42.8 Å². The standard InChI is InChI=1S/C30H38F3NO5/c1-21-9-7-10-22(17-21)11-8-16-36-25-13-12-23(18-24(25)30(31,32)33)14-15-29(19-37-28(5,6)38-20-29)34-26(35)39-27(2,3)4/h7,9-10,12-15,17-18H,8,11,16,19-20H2,1-6H3,(H,34,35)/b15-14+. The number of alkyl carbamates (subject to hydrolysis) is 1. The Morgan fingerprint density at radius 1 is 1.08 bits per heavy atom. The molecule has 2 aromatic rings. The van der Waals surface area contributed by atoms with Crippen molar-refractivity contribution in [2.75, 3.05) is 19.8 Å². The van der Waals surface area contributed by atoms with Crippen LogP contribution in [0, 0.1) is 6.92 Å². The molecular formula is C30H38F3NO5. The highest BCUT2D eigenvalue weighted by Gasteiger charge is 2.41. The molecule has 1 aliphatic heterocycles. The van der Waals surface area contributed by atoms with Gasteiger partial charge in [-0.2, -0.15) is 13.2 Å². The van der Waals surface area contributed by atoms with Crippen molar-refractivity contribution in [3.05, 3.63) is 70.8 Å². The summed E-state index contributed by atoms with van der Waals surface area (Å²) in [5.41, 5.74) is -0.211. The predicted molar refractivity (Wildman–Crippen MR) is 144 cm³/mol. The summed E-state index contributed by atoms with van der Waals surface area (Å²) in [6.45, 7) is 10.9. The molecule has 0 unspecified atom stereocenters.